The van der Waals surface area contributed by atoms with Crippen molar-refractivity contribution in [1.29, 1.82) is 0 Å². The third-order valence-electron chi connectivity index (χ3n) is 3.75. The fourth-order valence-electron chi connectivity index (χ4n) is 2.84. The monoisotopic (exact) mass is 235 g/mol. The summed E-state index contributed by atoms with van der Waals surface area (Å²) in [6.45, 7) is 7.63. The van der Waals surface area contributed by atoms with Gasteiger partial charge >= 0.3 is 0 Å². The number of aryl methyl sites for hydroxylation is 1. The molecule has 0 bridgehead atoms. The summed E-state index contributed by atoms with van der Waals surface area (Å²) in [7, 11) is 0. The molecule has 0 radical (unpaired) electrons. The van der Waals surface area contributed by atoms with Gasteiger partial charge in [-0.1, -0.05) is 0 Å². The molecule has 0 aromatic carbocycles. The zero-order valence-corrected chi connectivity index (χ0v) is 10.5. The number of aromatic nitrogens is 3. The fourth-order valence-corrected chi connectivity index (χ4v) is 2.84. The van der Waals surface area contributed by atoms with Crippen LogP contribution in [0.4, 0.5) is 0 Å². The van der Waals surface area contributed by atoms with Crippen molar-refractivity contribution in [3.63, 3.8) is 0 Å². The first kappa shape index (κ1) is 11.2. The van der Waals surface area contributed by atoms with E-state index in [0.29, 0.717) is 6.04 Å². The Bertz CT molecular complexity index is 386. The molecule has 2 aliphatic heterocycles. The predicted octanol–water partition coefficient (Wildman–Crippen LogP) is 0.408. The minimum Gasteiger partial charge on any atom is -0.314 e. The van der Waals surface area contributed by atoms with Gasteiger partial charge in [0.1, 0.15) is 11.6 Å². The highest BCUT2D eigenvalue weighted by Crippen LogP contribution is 2.15. The molecule has 5 heteroatoms. The van der Waals surface area contributed by atoms with Gasteiger partial charge in [-0.3, -0.25) is 4.90 Å². The second-order valence-electron chi connectivity index (χ2n) is 5.23. The van der Waals surface area contributed by atoms with Crippen LogP contribution in [0, 0.1) is 0 Å². The van der Waals surface area contributed by atoms with E-state index in [-0.39, 0.29) is 0 Å². The Kier molecular flexibility index (Phi) is 3.11. The van der Waals surface area contributed by atoms with Gasteiger partial charge in [-0.15, -0.1) is 10.2 Å². The van der Waals surface area contributed by atoms with E-state index >= 15 is 0 Å². The van der Waals surface area contributed by atoms with Gasteiger partial charge in [0.15, 0.2) is 0 Å². The Morgan fingerprint density at radius 2 is 2.24 bits per heavy atom. The molecule has 1 aromatic rings. The van der Waals surface area contributed by atoms with Crippen molar-refractivity contribution < 1.29 is 0 Å². The zero-order valence-electron chi connectivity index (χ0n) is 10.5. The maximum absolute atomic E-state index is 4.37. The lowest BCUT2D eigenvalue weighted by atomic mass is 10.1. The first-order chi connectivity index (χ1) is 8.33. The predicted molar refractivity (Wildman–Crippen MR) is 65.7 cm³/mol. The lowest BCUT2D eigenvalue weighted by Crippen LogP contribution is -2.48. The van der Waals surface area contributed by atoms with Gasteiger partial charge in [-0.25, -0.2) is 0 Å². The number of piperazine rings is 1. The van der Waals surface area contributed by atoms with Crippen molar-refractivity contribution in [1.82, 2.24) is 25.0 Å². The SMILES string of the molecule is CC1CN(Cc2nnc3n2CCCC3)CCN1. The maximum atomic E-state index is 4.37. The van der Waals surface area contributed by atoms with E-state index in [1.54, 1.807) is 0 Å². The number of nitrogens with one attached hydrogen (secondary N) is 1. The normalized spacial score (nSPS) is 25.8. The summed E-state index contributed by atoms with van der Waals surface area (Å²) in [5, 5.41) is 12.1. The average molecular weight is 235 g/mol. The molecule has 1 aromatic heterocycles. The second kappa shape index (κ2) is 4.74. The smallest absolute Gasteiger partial charge is 0.147 e. The van der Waals surface area contributed by atoms with Gasteiger partial charge in [0.25, 0.3) is 0 Å². The third-order valence-corrected chi connectivity index (χ3v) is 3.75. The molecule has 5 nitrogen and oxygen atoms in total. The van der Waals surface area contributed by atoms with Gasteiger partial charge in [0.2, 0.25) is 0 Å². The first-order valence-corrected chi connectivity index (χ1v) is 6.69. The minimum atomic E-state index is 0.590. The number of hydrogen-bond acceptors (Lipinski definition) is 4. The van der Waals surface area contributed by atoms with E-state index in [1.807, 2.05) is 0 Å². The Morgan fingerprint density at radius 3 is 3.12 bits per heavy atom. The van der Waals surface area contributed by atoms with Crippen LogP contribution < -0.4 is 5.32 Å². The Labute approximate surface area is 102 Å². The van der Waals surface area contributed by atoms with Crippen LogP contribution in [0.25, 0.3) is 0 Å². The van der Waals surface area contributed by atoms with Crippen molar-refractivity contribution in [2.75, 3.05) is 19.6 Å². The van der Waals surface area contributed by atoms with Crippen LogP contribution in [0.15, 0.2) is 0 Å². The number of nitrogens with zero attached hydrogens (tertiary/aromatic N) is 4. The Morgan fingerprint density at radius 1 is 1.29 bits per heavy atom. The van der Waals surface area contributed by atoms with Crippen LogP contribution in [0.3, 0.4) is 0 Å². The van der Waals surface area contributed by atoms with Crippen molar-refractivity contribution in [2.24, 2.45) is 0 Å². The molecular weight excluding hydrogens is 214 g/mol. The Hall–Kier alpha value is -0.940. The highest BCUT2D eigenvalue weighted by atomic mass is 15.3. The molecule has 0 amide bonds. The molecule has 1 unspecified atom stereocenters. The molecule has 1 fully saturated rings. The van der Waals surface area contributed by atoms with Crippen molar-refractivity contribution >= 4 is 0 Å². The van der Waals surface area contributed by atoms with E-state index in [9.17, 15) is 0 Å². The number of rotatable bonds is 2. The molecule has 1 atom stereocenters. The second-order valence-corrected chi connectivity index (χ2v) is 5.23. The van der Waals surface area contributed by atoms with E-state index in [1.165, 1.54) is 18.7 Å². The summed E-state index contributed by atoms with van der Waals surface area (Å²) in [6, 6.07) is 0.590. The van der Waals surface area contributed by atoms with E-state index < -0.39 is 0 Å². The van der Waals surface area contributed by atoms with Crippen LogP contribution >= 0.6 is 0 Å². The van der Waals surface area contributed by atoms with E-state index in [0.717, 1.165) is 45.0 Å². The molecule has 94 valence electrons. The van der Waals surface area contributed by atoms with Crippen LogP contribution in [0.2, 0.25) is 0 Å². The maximum Gasteiger partial charge on any atom is 0.147 e. The Balaban J connectivity index is 1.70. The molecule has 1 N–H and O–H groups in total. The minimum absolute atomic E-state index is 0.590. The van der Waals surface area contributed by atoms with Gasteiger partial charge < -0.3 is 9.88 Å². The molecular formula is C12H21N5. The van der Waals surface area contributed by atoms with Crippen molar-refractivity contribution in [3.05, 3.63) is 11.6 Å². The van der Waals surface area contributed by atoms with Crippen LogP contribution in [0.1, 0.15) is 31.4 Å². The van der Waals surface area contributed by atoms with Gasteiger partial charge in [-0.05, 0) is 19.8 Å². The van der Waals surface area contributed by atoms with Gasteiger partial charge in [0.05, 0.1) is 6.54 Å². The molecule has 3 heterocycles. The average Bonchev–Trinajstić information content (AvgIpc) is 2.73. The lowest BCUT2D eigenvalue weighted by Gasteiger charge is -2.31. The zero-order chi connectivity index (χ0) is 11.7. The topological polar surface area (TPSA) is 46.0 Å². The number of hydrogen-bond donors (Lipinski definition) is 1. The molecule has 1 saturated heterocycles. The summed E-state index contributed by atoms with van der Waals surface area (Å²) in [4.78, 5) is 2.48. The third kappa shape index (κ3) is 2.35. The van der Waals surface area contributed by atoms with E-state index in [4.69, 9.17) is 0 Å². The summed E-state index contributed by atoms with van der Waals surface area (Å²) in [6.07, 6.45) is 3.64. The van der Waals surface area contributed by atoms with Gasteiger partial charge in [0, 0.05) is 38.6 Å². The van der Waals surface area contributed by atoms with E-state index in [2.05, 4.69) is 31.9 Å². The van der Waals surface area contributed by atoms with Crippen molar-refractivity contribution in [3.8, 4) is 0 Å². The van der Waals surface area contributed by atoms with Crippen LogP contribution in [0.5, 0.6) is 0 Å². The first-order valence-electron chi connectivity index (χ1n) is 6.69. The summed E-state index contributed by atoms with van der Waals surface area (Å²) in [5.41, 5.74) is 0. The molecule has 17 heavy (non-hydrogen) atoms. The summed E-state index contributed by atoms with van der Waals surface area (Å²) in [5.74, 6) is 2.35. The summed E-state index contributed by atoms with van der Waals surface area (Å²) >= 11 is 0. The quantitative estimate of drug-likeness (QED) is 0.806. The molecule has 0 saturated carbocycles. The molecule has 2 aliphatic rings. The largest absolute Gasteiger partial charge is 0.314 e. The van der Waals surface area contributed by atoms with Gasteiger partial charge in [-0.2, -0.15) is 0 Å². The molecule has 0 aliphatic carbocycles. The van der Waals surface area contributed by atoms with Crippen LogP contribution in [-0.2, 0) is 19.5 Å². The highest BCUT2D eigenvalue weighted by molar-refractivity contribution is 4.99. The molecule has 0 spiro atoms. The standard InChI is InChI=1S/C12H21N5/c1-10-8-16(7-5-13-10)9-12-15-14-11-4-2-3-6-17(11)12/h10,13H,2-9H2,1H3. The fraction of sp³-hybridized carbons (Fsp3) is 0.833. The molecule has 3 rings (SSSR count). The van der Waals surface area contributed by atoms with Crippen LogP contribution in [-0.4, -0.2) is 45.3 Å². The lowest BCUT2D eigenvalue weighted by molar-refractivity contribution is 0.192. The summed E-state index contributed by atoms with van der Waals surface area (Å²) < 4.78 is 2.33. The number of fused-ring (bicyclic) bond motifs is 1. The van der Waals surface area contributed by atoms with Crippen molar-refractivity contribution in [2.45, 2.75) is 45.3 Å². The highest BCUT2D eigenvalue weighted by Gasteiger charge is 2.20.